The molecule has 0 aliphatic heterocycles. The van der Waals surface area contributed by atoms with E-state index in [0.717, 1.165) is 17.5 Å². The predicted octanol–water partition coefficient (Wildman–Crippen LogP) is 3.64. The van der Waals surface area contributed by atoms with E-state index in [9.17, 15) is 5.11 Å². The van der Waals surface area contributed by atoms with E-state index >= 15 is 0 Å². The molecule has 0 heterocycles. The van der Waals surface area contributed by atoms with E-state index in [1.807, 2.05) is 30.3 Å². The summed E-state index contributed by atoms with van der Waals surface area (Å²) in [4.78, 5) is 0. The summed E-state index contributed by atoms with van der Waals surface area (Å²) in [6.07, 6.45) is 0.470. The van der Waals surface area contributed by atoms with Gasteiger partial charge in [-0.05, 0) is 30.0 Å². The van der Waals surface area contributed by atoms with Crippen molar-refractivity contribution in [2.75, 3.05) is 0 Å². The molecule has 0 saturated heterocycles. The van der Waals surface area contributed by atoms with Crippen LogP contribution in [0.5, 0.6) is 0 Å². The second-order valence-electron chi connectivity index (χ2n) is 4.42. The second-order valence-corrected chi connectivity index (χ2v) is 4.42. The zero-order chi connectivity index (χ0) is 12.3. The number of hydrogen-bond donors (Lipinski definition) is 1. The minimum Gasteiger partial charge on any atom is -0.384 e. The number of aliphatic hydroxyl groups is 1. The lowest BCUT2D eigenvalue weighted by atomic mass is 9.97. The molecule has 2 aromatic rings. The number of aliphatic hydroxyl groups excluding tert-OH is 1. The van der Waals surface area contributed by atoms with Crippen LogP contribution >= 0.6 is 0 Å². The van der Waals surface area contributed by atoms with E-state index < -0.39 is 6.10 Å². The number of aryl methyl sites for hydroxylation is 2. The zero-order valence-corrected chi connectivity index (χ0v) is 10.4. The van der Waals surface area contributed by atoms with Gasteiger partial charge in [0.05, 0.1) is 0 Å². The molecule has 2 rings (SSSR count). The van der Waals surface area contributed by atoms with E-state index in [1.165, 1.54) is 11.1 Å². The monoisotopic (exact) mass is 226 g/mol. The van der Waals surface area contributed by atoms with Gasteiger partial charge in [-0.25, -0.2) is 0 Å². The van der Waals surface area contributed by atoms with Gasteiger partial charge < -0.3 is 5.11 Å². The Kier molecular flexibility index (Phi) is 3.60. The largest absolute Gasteiger partial charge is 0.384 e. The maximum absolute atomic E-state index is 10.3. The first-order valence-corrected chi connectivity index (χ1v) is 6.04. The van der Waals surface area contributed by atoms with Gasteiger partial charge in [0.1, 0.15) is 6.10 Å². The molecule has 0 aliphatic carbocycles. The highest BCUT2D eigenvalue weighted by molar-refractivity contribution is 5.35. The molecule has 1 N–H and O–H groups in total. The van der Waals surface area contributed by atoms with Crippen LogP contribution in [0.4, 0.5) is 0 Å². The van der Waals surface area contributed by atoms with Gasteiger partial charge in [0.25, 0.3) is 0 Å². The zero-order valence-electron chi connectivity index (χ0n) is 10.4. The Morgan fingerprint density at radius 3 is 2.35 bits per heavy atom. The molecule has 0 aromatic heterocycles. The Morgan fingerprint density at radius 2 is 1.71 bits per heavy atom. The second kappa shape index (κ2) is 5.15. The summed E-state index contributed by atoms with van der Waals surface area (Å²) < 4.78 is 0. The van der Waals surface area contributed by atoms with Gasteiger partial charge in [-0.3, -0.25) is 0 Å². The molecule has 1 atom stereocenters. The van der Waals surface area contributed by atoms with Crippen molar-refractivity contribution in [2.45, 2.75) is 26.4 Å². The smallest absolute Gasteiger partial charge is 0.104 e. The first-order chi connectivity index (χ1) is 8.20. The average molecular weight is 226 g/mol. The van der Waals surface area contributed by atoms with Crippen molar-refractivity contribution in [1.29, 1.82) is 0 Å². The molecule has 0 aliphatic rings. The lowest BCUT2D eigenvalue weighted by molar-refractivity contribution is 0.220. The van der Waals surface area contributed by atoms with Gasteiger partial charge in [0.2, 0.25) is 0 Å². The van der Waals surface area contributed by atoms with Crippen molar-refractivity contribution < 1.29 is 5.11 Å². The Hall–Kier alpha value is -1.60. The number of benzene rings is 2. The maximum atomic E-state index is 10.3. The fraction of sp³-hybridized carbons (Fsp3) is 0.250. The van der Waals surface area contributed by atoms with Crippen LogP contribution < -0.4 is 0 Å². The summed E-state index contributed by atoms with van der Waals surface area (Å²) in [5.74, 6) is 0. The van der Waals surface area contributed by atoms with Gasteiger partial charge in [-0.1, -0.05) is 61.0 Å². The quantitative estimate of drug-likeness (QED) is 0.847. The van der Waals surface area contributed by atoms with Crippen LogP contribution in [0.15, 0.2) is 48.5 Å². The normalized spacial score (nSPS) is 12.4. The van der Waals surface area contributed by atoms with E-state index in [1.54, 1.807) is 0 Å². The third-order valence-corrected chi connectivity index (χ3v) is 3.00. The molecule has 0 fully saturated rings. The first-order valence-electron chi connectivity index (χ1n) is 6.04. The van der Waals surface area contributed by atoms with Crippen LogP contribution in [0.2, 0.25) is 0 Å². The van der Waals surface area contributed by atoms with Crippen molar-refractivity contribution in [1.82, 2.24) is 0 Å². The van der Waals surface area contributed by atoms with Crippen molar-refractivity contribution in [3.8, 4) is 0 Å². The van der Waals surface area contributed by atoms with E-state index in [0.29, 0.717) is 0 Å². The Morgan fingerprint density at radius 1 is 1.00 bits per heavy atom. The summed E-state index contributed by atoms with van der Waals surface area (Å²) in [5.41, 5.74) is 4.40. The fourth-order valence-corrected chi connectivity index (χ4v) is 2.08. The molecule has 0 amide bonds. The SMILES string of the molecule is CCc1cc(C)cc(C(O)c2ccccc2)c1. The van der Waals surface area contributed by atoms with E-state index in [4.69, 9.17) is 0 Å². The van der Waals surface area contributed by atoms with Crippen molar-refractivity contribution >= 4 is 0 Å². The highest BCUT2D eigenvalue weighted by Gasteiger charge is 2.10. The minimum absolute atomic E-state index is 0.526. The average Bonchev–Trinajstić information content (AvgIpc) is 2.38. The molecule has 1 heteroatoms. The number of hydrogen-bond acceptors (Lipinski definition) is 1. The minimum atomic E-state index is -0.526. The fourth-order valence-electron chi connectivity index (χ4n) is 2.08. The Labute approximate surface area is 103 Å². The van der Waals surface area contributed by atoms with Gasteiger partial charge in [-0.15, -0.1) is 0 Å². The summed E-state index contributed by atoms with van der Waals surface area (Å²) in [7, 11) is 0. The first kappa shape index (κ1) is 11.9. The lowest BCUT2D eigenvalue weighted by Crippen LogP contribution is -2.00. The summed E-state index contributed by atoms with van der Waals surface area (Å²) in [6, 6.07) is 16.1. The molecule has 17 heavy (non-hydrogen) atoms. The van der Waals surface area contributed by atoms with Crippen LogP contribution in [-0.2, 0) is 6.42 Å². The van der Waals surface area contributed by atoms with E-state index in [-0.39, 0.29) is 0 Å². The molecule has 1 nitrogen and oxygen atoms in total. The lowest BCUT2D eigenvalue weighted by Gasteiger charge is -2.13. The summed E-state index contributed by atoms with van der Waals surface area (Å²) in [5, 5.41) is 10.3. The van der Waals surface area contributed by atoms with Crippen molar-refractivity contribution in [3.63, 3.8) is 0 Å². The Bertz CT molecular complexity index is 488. The molecule has 0 spiro atoms. The molecular formula is C16H18O. The van der Waals surface area contributed by atoms with Gasteiger partial charge in [-0.2, -0.15) is 0 Å². The van der Waals surface area contributed by atoms with Crippen LogP contribution in [0.1, 0.15) is 35.3 Å². The number of rotatable bonds is 3. The predicted molar refractivity (Wildman–Crippen MR) is 71.1 cm³/mol. The van der Waals surface area contributed by atoms with Crippen molar-refractivity contribution in [2.24, 2.45) is 0 Å². The van der Waals surface area contributed by atoms with E-state index in [2.05, 4.69) is 32.0 Å². The van der Waals surface area contributed by atoms with Gasteiger partial charge in [0, 0.05) is 0 Å². The molecule has 0 bridgehead atoms. The molecular weight excluding hydrogens is 208 g/mol. The molecule has 0 saturated carbocycles. The topological polar surface area (TPSA) is 20.2 Å². The highest BCUT2D eigenvalue weighted by atomic mass is 16.3. The van der Waals surface area contributed by atoms with Gasteiger partial charge >= 0.3 is 0 Å². The molecule has 88 valence electrons. The van der Waals surface area contributed by atoms with Gasteiger partial charge in [0.15, 0.2) is 0 Å². The van der Waals surface area contributed by atoms with Crippen LogP contribution in [0, 0.1) is 6.92 Å². The molecule has 2 aromatic carbocycles. The molecule has 1 unspecified atom stereocenters. The standard InChI is InChI=1S/C16H18O/c1-3-13-9-12(2)10-15(11-13)16(17)14-7-5-4-6-8-14/h4-11,16-17H,3H2,1-2H3. The highest BCUT2D eigenvalue weighted by Crippen LogP contribution is 2.23. The maximum Gasteiger partial charge on any atom is 0.104 e. The third-order valence-electron chi connectivity index (χ3n) is 3.00. The van der Waals surface area contributed by atoms with Crippen molar-refractivity contribution in [3.05, 3.63) is 70.8 Å². The summed E-state index contributed by atoms with van der Waals surface area (Å²) >= 11 is 0. The Balaban J connectivity index is 2.37. The summed E-state index contributed by atoms with van der Waals surface area (Å²) in [6.45, 7) is 4.20. The van der Waals surface area contributed by atoms with Crippen LogP contribution in [-0.4, -0.2) is 5.11 Å². The third kappa shape index (κ3) is 2.75. The van der Waals surface area contributed by atoms with Crippen LogP contribution in [0.3, 0.4) is 0 Å². The molecule has 0 radical (unpaired) electrons. The van der Waals surface area contributed by atoms with Crippen LogP contribution in [0.25, 0.3) is 0 Å².